The van der Waals surface area contributed by atoms with Crippen molar-refractivity contribution in [3.05, 3.63) is 24.3 Å². The molecule has 0 atom stereocenters. The van der Waals surface area contributed by atoms with Gasteiger partial charge in [0.1, 0.15) is 0 Å². The quantitative estimate of drug-likeness (QED) is 0.856. The Bertz CT molecular complexity index is 380. The van der Waals surface area contributed by atoms with E-state index >= 15 is 0 Å². The monoisotopic (exact) mass is 250 g/mol. The molecule has 0 radical (unpaired) electrons. The summed E-state index contributed by atoms with van der Waals surface area (Å²) in [6.07, 6.45) is -0.423. The van der Waals surface area contributed by atoms with E-state index in [4.69, 9.17) is 4.74 Å². The summed E-state index contributed by atoms with van der Waals surface area (Å²) in [7, 11) is 0. The van der Waals surface area contributed by atoms with Gasteiger partial charge in [-0.25, -0.2) is 4.79 Å². The van der Waals surface area contributed by atoms with Gasteiger partial charge in [0.25, 0.3) is 0 Å². The van der Waals surface area contributed by atoms with E-state index in [9.17, 15) is 4.79 Å². The van der Waals surface area contributed by atoms with Crippen LogP contribution in [0.25, 0.3) is 0 Å². The predicted molar refractivity (Wildman–Crippen MR) is 75.0 cm³/mol. The molecule has 1 amide bonds. The average molecular weight is 250 g/mol. The van der Waals surface area contributed by atoms with Crippen molar-refractivity contribution < 1.29 is 9.53 Å². The first-order valence-electron chi connectivity index (χ1n) is 6.18. The molecule has 4 heteroatoms. The van der Waals surface area contributed by atoms with Crippen LogP contribution in [0.2, 0.25) is 0 Å². The maximum atomic E-state index is 11.2. The number of benzene rings is 1. The van der Waals surface area contributed by atoms with Crippen LogP contribution in [-0.4, -0.2) is 19.2 Å². The molecule has 100 valence electrons. The summed E-state index contributed by atoms with van der Waals surface area (Å²) in [5, 5.41) is 6.00. The molecular weight excluding hydrogens is 228 g/mol. The largest absolute Gasteiger partial charge is 0.450 e. The van der Waals surface area contributed by atoms with E-state index in [0.717, 1.165) is 17.9 Å². The highest BCUT2D eigenvalue weighted by molar-refractivity contribution is 5.84. The highest BCUT2D eigenvalue weighted by atomic mass is 16.5. The molecule has 0 heterocycles. The normalized spacial score (nSPS) is 10.9. The fraction of sp³-hybridized carbons (Fsp3) is 0.500. The molecule has 18 heavy (non-hydrogen) atoms. The van der Waals surface area contributed by atoms with Crippen LogP contribution in [0.4, 0.5) is 16.2 Å². The third-order valence-corrected chi connectivity index (χ3v) is 2.23. The van der Waals surface area contributed by atoms with E-state index in [2.05, 4.69) is 31.4 Å². The van der Waals surface area contributed by atoms with Gasteiger partial charge in [-0.05, 0) is 36.6 Å². The molecule has 0 spiro atoms. The van der Waals surface area contributed by atoms with Crippen LogP contribution in [0.3, 0.4) is 0 Å². The third-order valence-electron chi connectivity index (χ3n) is 2.23. The van der Waals surface area contributed by atoms with E-state index in [-0.39, 0.29) is 5.41 Å². The van der Waals surface area contributed by atoms with E-state index in [1.807, 2.05) is 24.3 Å². The standard InChI is InChI=1S/C14H22N2O2/c1-5-18-13(17)16-12-8-6-11(7-9-12)15-10-14(2,3)4/h6-9,15H,5,10H2,1-4H3,(H,16,17). The molecule has 2 N–H and O–H groups in total. The van der Waals surface area contributed by atoms with Gasteiger partial charge in [0, 0.05) is 17.9 Å². The number of carbonyl (C=O) groups excluding carboxylic acids is 1. The summed E-state index contributed by atoms with van der Waals surface area (Å²) in [6, 6.07) is 7.57. The molecule has 0 aliphatic rings. The number of hydrogen-bond donors (Lipinski definition) is 2. The minimum atomic E-state index is -0.423. The molecule has 0 aromatic heterocycles. The topological polar surface area (TPSA) is 50.4 Å². The number of carbonyl (C=O) groups is 1. The molecule has 1 aromatic rings. The second-order valence-corrected chi connectivity index (χ2v) is 5.34. The van der Waals surface area contributed by atoms with Crippen LogP contribution in [0, 0.1) is 5.41 Å². The second-order valence-electron chi connectivity index (χ2n) is 5.34. The molecule has 0 saturated heterocycles. The lowest BCUT2D eigenvalue weighted by atomic mass is 9.97. The average Bonchev–Trinajstić information content (AvgIpc) is 2.27. The summed E-state index contributed by atoms with van der Waals surface area (Å²) < 4.78 is 4.80. The van der Waals surface area contributed by atoms with Gasteiger partial charge in [0.2, 0.25) is 0 Å². The molecule has 0 fully saturated rings. The van der Waals surface area contributed by atoms with Gasteiger partial charge < -0.3 is 10.1 Å². The van der Waals surface area contributed by atoms with Crippen molar-refractivity contribution in [3.8, 4) is 0 Å². The molecule has 0 aliphatic carbocycles. The lowest BCUT2D eigenvalue weighted by Crippen LogP contribution is -2.19. The van der Waals surface area contributed by atoms with Crippen molar-refractivity contribution in [3.63, 3.8) is 0 Å². The van der Waals surface area contributed by atoms with Crippen molar-refractivity contribution in [2.75, 3.05) is 23.8 Å². The lowest BCUT2D eigenvalue weighted by Gasteiger charge is -2.19. The molecule has 1 rings (SSSR count). The van der Waals surface area contributed by atoms with Crippen molar-refractivity contribution >= 4 is 17.5 Å². The highest BCUT2D eigenvalue weighted by Crippen LogP contribution is 2.17. The Hall–Kier alpha value is -1.71. The van der Waals surface area contributed by atoms with Crippen LogP contribution >= 0.6 is 0 Å². The SMILES string of the molecule is CCOC(=O)Nc1ccc(NCC(C)(C)C)cc1. The summed E-state index contributed by atoms with van der Waals surface area (Å²) in [6.45, 7) is 9.58. The first-order chi connectivity index (χ1) is 8.40. The van der Waals surface area contributed by atoms with Gasteiger partial charge in [-0.3, -0.25) is 5.32 Å². The zero-order valence-electron chi connectivity index (χ0n) is 11.5. The molecular formula is C14H22N2O2. The van der Waals surface area contributed by atoms with E-state index < -0.39 is 6.09 Å². The fourth-order valence-corrected chi connectivity index (χ4v) is 1.32. The number of nitrogens with one attached hydrogen (secondary N) is 2. The first kappa shape index (κ1) is 14.4. The smallest absolute Gasteiger partial charge is 0.411 e. The number of ether oxygens (including phenoxy) is 1. The minimum absolute atomic E-state index is 0.238. The molecule has 0 aliphatic heterocycles. The predicted octanol–water partition coefficient (Wildman–Crippen LogP) is 3.71. The van der Waals surface area contributed by atoms with Crippen LogP contribution in [-0.2, 0) is 4.74 Å². The minimum Gasteiger partial charge on any atom is -0.450 e. The van der Waals surface area contributed by atoms with Gasteiger partial charge in [-0.1, -0.05) is 20.8 Å². The van der Waals surface area contributed by atoms with Gasteiger partial charge in [-0.15, -0.1) is 0 Å². The Morgan fingerprint density at radius 2 is 1.72 bits per heavy atom. The van der Waals surface area contributed by atoms with Gasteiger partial charge in [-0.2, -0.15) is 0 Å². The highest BCUT2D eigenvalue weighted by Gasteiger charge is 2.09. The molecule has 4 nitrogen and oxygen atoms in total. The second kappa shape index (κ2) is 6.28. The van der Waals surface area contributed by atoms with Crippen LogP contribution in [0.1, 0.15) is 27.7 Å². The molecule has 0 unspecified atom stereocenters. The van der Waals surface area contributed by atoms with Crippen molar-refractivity contribution in [2.24, 2.45) is 5.41 Å². The Morgan fingerprint density at radius 1 is 1.17 bits per heavy atom. The number of rotatable bonds is 4. The Balaban J connectivity index is 2.50. The van der Waals surface area contributed by atoms with Crippen LogP contribution in [0.15, 0.2) is 24.3 Å². The van der Waals surface area contributed by atoms with Gasteiger partial charge in [0.05, 0.1) is 6.61 Å². The van der Waals surface area contributed by atoms with Crippen molar-refractivity contribution in [1.82, 2.24) is 0 Å². The Kier molecular flexibility index (Phi) is 5.01. The molecule has 0 saturated carbocycles. The maximum absolute atomic E-state index is 11.2. The van der Waals surface area contributed by atoms with E-state index in [1.165, 1.54) is 0 Å². The first-order valence-corrected chi connectivity index (χ1v) is 6.18. The van der Waals surface area contributed by atoms with Crippen LogP contribution < -0.4 is 10.6 Å². The summed E-state index contributed by atoms with van der Waals surface area (Å²) in [5.41, 5.74) is 2.01. The van der Waals surface area contributed by atoms with Gasteiger partial charge in [0.15, 0.2) is 0 Å². The summed E-state index contributed by atoms with van der Waals surface area (Å²) in [4.78, 5) is 11.2. The van der Waals surface area contributed by atoms with Crippen molar-refractivity contribution in [1.29, 1.82) is 0 Å². The number of amides is 1. The van der Waals surface area contributed by atoms with E-state index in [1.54, 1.807) is 6.92 Å². The van der Waals surface area contributed by atoms with E-state index in [0.29, 0.717) is 6.61 Å². The zero-order valence-corrected chi connectivity index (χ0v) is 11.5. The Morgan fingerprint density at radius 3 is 2.22 bits per heavy atom. The number of anilines is 2. The molecule has 0 bridgehead atoms. The third kappa shape index (κ3) is 5.57. The summed E-state index contributed by atoms with van der Waals surface area (Å²) in [5.74, 6) is 0. The van der Waals surface area contributed by atoms with Crippen LogP contribution in [0.5, 0.6) is 0 Å². The molecule has 1 aromatic carbocycles. The Labute approximate surface area is 109 Å². The lowest BCUT2D eigenvalue weighted by molar-refractivity contribution is 0.168. The number of hydrogen-bond acceptors (Lipinski definition) is 3. The zero-order chi connectivity index (χ0) is 13.6. The van der Waals surface area contributed by atoms with Crippen molar-refractivity contribution in [2.45, 2.75) is 27.7 Å². The maximum Gasteiger partial charge on any atom is 0.411 e. The summed E-state index contributed by atoms with van der Waals surface area (Å²) >= 11 is 0. The van der Waals surface area contributed by atoms with Gasteiger partial charge >= 0.3 is 6.09 Å². The fourth-order valence-electron chi connectivity index (χ4n) is 1.32.